The van der Waals surface area contributed by atoms with Crippen molar-refractivity contribution in [3.05, 3.63) is 71.1 Å². The number of hydrogen-bond donors (Lipinski definition) is 1. The molecule has 0 atom stereocenters. The average molecular weight is 431 g/mol. The summed E-state index contributed by atoms with van der Waals surface area (Å²) in [5.41, 5.74) is 1.26. The molecule has 0 radical (unpaired) electrons. The number of benzene rings is 1. The van der Waals surface area contributed by atoms with Crippen molar-refractivity contribution in [1.82, 2.24) is 24.6 Å². The quantitative estimate of drug-likeness (QED) is 0.578. The second-order valence-corrected chi connectivity index (χ2v) is 7.70. The van der Waals surface area contributed by atoms with E-state index in [-0.39, 0.29) is 12.5 Å². The van der Waals surface area contributed by atoms with Gasteiger partial charge in [0, 0.05) is 42.3 Å². The molecule has 1 amide bonds. The zero-order valence-corrected chi connectivity index (χ0v) is 17.0. The maximum Gasteiger partial charge on any atom is 0.435 e. The van der Waals surface area contributed by atoms with Crippen LogP contribution < -0.4 is 5.32 Å². The predicted octanol–water partition coefficient (Wildman–Crippen LogP) is 3.85. The van der Waals surface area contributed by atoms with Gasteiger partial charge in [0.25, 0.3) is 5.91 Å². The third-order valence-corrected chi connectivity index (χ3v) is 5.55. The molecule has 2 heterocycles. The van der Waals surface area contributed by atoms with Gasteiger partial charge in [-0.2, -0.15) is 18.3 Å². The van der Waals surface area contributed by atoms with Gasteiger partial charge in [-0.05, 0) is 43.7 Å². The summed E-state index contributed by atoms with van der Waals surface area (Å²) in [6.07, 6.45) is 4.09. The van der Waals surface area contributed by atoms with Crippen LogP contribution in [0.4, 0.5) is 13.2 Å². The van der Waals surface area contributed by atoms with E-state index in [0.717, 1.165) is 25.8 Å². The molecule has 0 saturated carbocycles. The van der Waals surface area contributed by atoms with Crippen molar-refractivity contribution in [3.8, 4) is 0 Å². The Morgan fingerprint density at radius 1 is 1.16 bits per heavy atom. The van der Waals surface area contributed by atoms with Gasteiger partial charge in [0.2, 0.25) is 0 Å². The van der Waals surface area contributed by atoms with E-state index in [1.165, 1.54) is 4.68 Å². The first-order chi connectivity index (χ1) is 14.9. The fourth-order valence-corrected chi connectivity index (χ4v) is 4.05. The van der Waals surface area contributed by atoms with Gasteiger partial charge in [-0.15, -0.1) is 0 Å². The van der Waals surface area contributed by atoms with Crippen molar-refractivity contribution in [2.75, 3.05) is 6.54 Å². The van der Waals surface area contributed by atoms with Crippen LogP contribution in [-0.4, -0.2) is 31.8 Å². The molecule has 6 nitrogen and oxygen atoms in total. The fourth-order valence-electron chi connectivity index (χ4n) is 4.05. The molecule has 9 heteroatoms. The molecule has 0 bridgehead atoms. The molecule has 31 heavy (non-hydrogen) atoms. The summed E-state index contributed by atoms with van der Waals surface area (Å²) in [5.74, 6) is -0.238. The highest BCUT2D eigenvalue weighted by molar-refractivity contribution is 5.95. The number of aryl methyl sites for hydroxylation is 1. The Labute approximate surface area is 178 Å². The van der Waals surface area contributed by atoms with E-state index in [1.807, 2.05) is 10.8 Å². The Hall–Kier alpha value is -3.10. The molecule has 0 saturated heterocycles. The van der Waals surface area contributed by atoms with Gasteiger partial charge >= 0.3 is 6.18 Å². The number of alkyl halides is 3. The minimum absolute atomic E-state index is 0.136. The second kappa shape index (κ2) is 8.95. The first-order valence-corrected chi connectivity index (χ1v) is 10.4. The molecule has 164 valence electrons. The minimum atomic E-state index is -4.47. The lowest BCUT2D eigenvalue weighted by atomic mass is 9.95. The van der Waals surface area contributed by atoms with Crippen LogP contribution in [0.5, 0.6) is 0 Å². The first-order valence-electron chi connectivity index (χ1n) is 10.4. The lowest BCUT2D eigenvalue weighted by Gasteiger charge is -2.16. The summed E-state index contributed by atoms with van der Waals surface area (Å²) in [6.45, 7) is 1.36. The molecule has 1 N–H and O–H groups in total. The SMILES string of the molecule is O=C(NCCCn1ccnc1)c1ccccc1Cn1nc(C(F)(F)F)c2c1CCCC2. The summed E-state index contributed by atoms with van der Waals surface area (Å²) >= 11 is 0. The van der Waals surface area contributed by atoms with Crippen LogP contribution in [0.2, 0.25) is 0 Å². The third-order valence-electron chi connectivity index (χ3n) is 5.55. The highest BCUT2D eigenvalue weighted by atomic mass is 19.4. The van der Waals surface area contributed by atoms with E-state index in [2.05, 4.69) is 15.4 Å². The van der Waals surface area contributed by atoms with Crippen molar-refractivity contribution in [3.63, 3.8) is 0 Å². The van der Waals surface area contributed by atoms with Crippen molar-refractivity contribution in [1.29, 1.82) is 0 Å². The molecule has 0 fully saturated rings. The maximum atomic E-state index is 13.5. The second-order valence-electron chi connectivity index (χ2n) is 7.70. The minimum Gasteiger partial charge on any atom is -0.352 e. The van der Waals surface area contributed by atoms with Gasteiger partial charge in [0.1, 0.15) is 0 Å². The van der Waals surface area contributed by atoms with E-state index in [0.29, 0.717) is 41.8 Å². The Bertz CT molecular complexity index is 1040. The maximum absolute atomic E-state index is 13.5. The number of rotatable bonds is 7. The zero-order chi connectivity index (χ0) is 21.8. The lowest BCUT2D eigenvalue weighted by molar-refractivity contribution is -0.142. The van der Waals surface area contributed by atoms with Gasteiger partial charge in [-0.25, -0.2) is 4.98 Å². The van der Waals surface area contributed by atoms with E-state index in [4.69, 9.17) is 0 Å². The normalized spacial score (nSPS) is 13.8. The first kappa shape index (κ1) is 21.1. The summed E-state index contributed by atoms with van der Waals surface area (Å²) < 4.78 is 43.8. The van der Waals surface area contributed by atoms with Gasteiger partial charge in [0.05, 0.1) is 12.9 Å². The number of imidazole rings is 1. The van der Waals surface area contributed by atoms with Crippen LogP contribution in [0.25, 0.3) is 0 Å². The van der Waals surface area contributed by atoms with Gasteiger partial charge in [0.15, 0.2) is 5.69 Å². The summed E-state index contributed by atoms with van der Waals surface area (Å²) in [6, 6.07) is 7.00. The smallest absolute Gasteiger partial charge is 0.352 e. The van der Waals surface area contributed by atoms with E-state index in [9.17, 15) is 18.0 Å². The van der Waals surface area contributed by atoms with Gasteiger partial charge < -0.3 is 9.88 Å². The number of fused-ring (bicyclic) bond motifs is 1. The number of halogens is 3. The molecule has 0 aliphatic heterocycles. The van der Waals surface area contributed by atoms with E-state index >= 15 is 0 Å². The fraction of sp³-hybridized carbons (Fsp3) is 0.409. The van der Waals surface area contributed by atoms with Crippen LogP contribution in [-0.2, 0) is 32.1 Å². The molecule has 2 aromatic heterocycles. The van der Waals surface area contributed by atoms with E-state index < -0.39 is 11.9 Å². The Kier molecular flexibility index (Phi) is 6.11. The Morgan fingerprint density at radius 3 is 2.74 bits per heavy atom. The molecule has 1 aliphatic rings. The standard InChI is InChI=1S/C22H24F3N5O/c23-22(24,25)20-18-8-3-4-9-19(18)30(28-20)14-16-6-1-2-7-17(16)21(31)27-10-5-12-29-13-11-26-15-29/h1-2,6-7,11,13,15H,3-5,8-10,12,14H2,(H,27,31). The number of nitrogens with zero attached hydrogens (tertiary/aromatic N) is 4. The van der Waals surface area contributed by atoms with Crippen LogP contribution in [0.1, 0.15) is 52.1 Å². The lowest BCUT2D eigenvalue weighted by Crippen LogP contribution is -2.26. The van der Waals surface area contributed by atoms with Crippen LogP contribution >= 0.6 is 0 Å². The number of aromatic nitrogens is 4. The number of carbonyl (C=O) groups is 1. The van der Waals surface area contributed by atoms with Crippen LogP contribution in [0.15, 0.2) is 43.0 Å². The van der Waals surface area contributed by atoms with Crippen molar-refractivity contribution < 1.29 is 18.0 Å². The molecule has 1 aromatic carbocycles. The molecule has 3 aromatic rings. The van der Waals surface area contributed by atoms with Crippen molar-refractivity contribution in [2.45, 2.75) is 51.4 Å². The molecule has 1 aliphatic carbocycles. The molecular formula is C22H24F3N5O. The predicted molar refractivity (Wildman–Crippen MR) is 109 cm³/mol. The molecule has 4 rings (SSSR count). The van der Waals surface area contributed by atoms with Crippen molar-refractivity contribution >= 4 is 5.91 Å². The van der Waals surface area contributed by atoms with Crippen LogP contribution in [0.3, 0.4) is 0 Å². The summed E-state index contributed by atoms with van der Waals surface area (Å²) in [7, 11) is 0. The number of amides is 1. The number of carbonyl (C=O) groups excluding carboxylic acids is 1. The average Bonchev–Trinajstić information content (AvgIpc) is 3.40. The van der Waals surface area contributed by atoms with Gasteiger partial charge in [-0.3, -0.25) is 9.48 Å². The molecule has 0 unspecified atom stereocenters. The summed E-state index contributed by atoms with van der Waals surface area (Å²) in [5, 5.41) is 6.81. The highest BCUT2D eigenvalue weighted by Crippen LogP contribution is 2.36. The molecule has 0 spiro atoms. The zero-order valence-electron chi connectivity index (χ0n) is 17.0. The third kappa shape index (κ3) is 4.81. The number of nitrogens with one attached hydrogen (secondary N) is 1. The highest BCUT2D eigenvalue weighted by Gasteiger charge is 2.39. The molecular weight excluding hydrogens is 407 g/mol. The van der Waals surface area contributed by atoms with Gasteiger partial charge in [-0.1, -0.05) is 18.2 Å². The Balaban J connectivity index is 1.49. The van der Waals surface area contributed by atoms with E-state index in [1.54, 1.807) is 36.8 Å². The van der Waals surface area contributed by atoms with Crippen LogP contribution in [0, 0.1) is 0 Å². The largest absolute Gasteiger partial charge is 0.435 e. The topological polar surface area (TPSA) is 64.7 Å². The monoisotopic (exact) mass is 431 g/mol. The summed E-state index contributed by atoms with van der Waals surface area (Å²) in [4.78, 5) is 16.7. The van der Waals surface area contributed by atoms with Crippen molar-refractivity contribution in [2.24, 2.45) is 0 Å². The Morgan fingerprint density at radius 2 is 1.97 bits per heavy atom. The number of hydrogen-bond acceptors (Lipinski definition) is 3.